The summed E-state index contributed by atoms with van der Waals surface area (Å²) in [4.78, 5) is 33.1. The van der Waals surface area contributed by atoms with Crippen molar-refractivity contribution >= 4 is 11.8 Å². The number of hydrogen-bond acceptors (Lipinski definition) is 3. The van der Waals surface area contributed by atoms with Crippen molar-refractivity contribution in [3.05, 3.63) is 18.2 Å². The number of carbonyl (C=O) groups is 2. The molecule has 2 amide bonds. The van der Waals surface area contributed by atoms with E-state index in [1.807, 2.05) is 29.2 Å². The molecule has 2 aliphatic rings. The summed E-state index contributed by atoms with van der Waals surface area (Å²) >= 11 is 0. The molecule has 3 rings (SSSR count). The number of hydrogen-bond donors (Lipinski definition) is 0. The zero-order valence-electron chi connectivity index (χ0n) is 15.6. The maximum atomic E-state index is 12.7. The number of carbonyl (C=O) groups excluding carboxylic acids is 2. The summed E-state index contributed by atoms with van der Waals surface area (Å²) in [5.41, 5.74) is 0. The Labute approximate surface area is 150 Å². The highest BCUT2D eigenvalue weighted by Crippen LogP contribution is 2.29. The molecule has 138 valence electrons. The van der Waals surface area contributed by atoms with Gasteiger partial charge in [0.15, 0.2) is 0 Å². The molecule has 0 saturated carbocycles. The van der Waals surface area contributed by atoms with E-state index in [0.29, 0.717) is 37.3 Å². The van der Waals surface area contributed by atoms with Crippen LogP contribution < -0.4 is 0 Å². The van der Waals surface area contributed by atoms with Crippen LogP contribution in [-0.2, 0) is 16.1 Å². The molecule has 2 atom stereocenters. The topological polar surface area (TPSA) is 58.4 Å². The zero-order chi connectivity index (χ0) is 18.0. The lowest BCUT2D eigenvalue weighted by Gasteiger charge is -2.41. The van der Waals surface area contributed by atoms with E-state index in [4.69, 9.17) is 0 Å². The molecule has 0 aromatic carbocycles. The predicted octanol–water partition coefficient (Wildman–Crippen LogP) is 2.26. The average molecular weight is 346 g/mol. The molecule has 0 N–H and O–H groups in total. The summed E-state index contributed by atoms with van der Waals surface area (Å²) < 4.78 is 2.09. The summed E-state index contributed by atoms with van der Waals surface area (Å²) in [6.45, 7) is 6.49. The summed E-state index contributed by atoms with van der Waals surface area (Å²) in [5.74, 6) is 2.30. The van der Waals surface area contributed by atoms with Crippen LogP contribution >= 0.6 is 0 Å². The number of aryl methyl sites for hydroxylation is 1. The van der Waals surface area contributed by atoms with Crippen molar-refractivity contribution in [2.24, 2.45) is 5.92 Å². The Kier molecular flexibility index (Phi) is 5.45. The largest absolute Gasteiger partial charge is 0.342 e. The Hall–Kier alpha value is -1.85. The van der Waals surface area contributed by atoms with Crippen LogP contribution in [0.25, 0.3) is 0 Å². The number of amides is 2. The first-order valence-corrected chi connectivity index (χ1v) is 9.52. The molecular weight excluding hydrogens is 316 g/mol. The Morgan fingerprint density at radius 1 is 1.36 bits per heavy atom. The summed E-state index contributed by atoms with van der Waals surface area (Å²) in [7, 11) is 1.93. The monoisotopic (exact) mass is 346 g/mol. The molecule has 3 heterocycles. The molecule has 6 heteroatoms. The lowest BCUT2D eigenvalue weighted by Crippen LogP contribution is -2.51. The van der Waals surface area contributed by atoms with Gasteiger partial charge in [-0.1, -0.05) is 13.8 Å². The molecule has 0 spiro atoms. The first-order chi connectivity index (χ1) is 12.0. The van der Waals surface area contributed by atoms with E-state index in [1.54, 1.807) is 0 Å². The minimum Gasteiger partial charge on any atom is -0.342 e. The minimum atomic E-state index is 0.222. The molecule has 6 nitrogen and oxygen atoms in total. The van der Waals surface area contributed by atoms with E-state index >= 15 is 0 Å². The fourth-order valence-corrected chi connectivity index (χ4v) is 4.30. The smallest absolute Gasteiger partial charge is 0.224 e. The normalized spacial score (nSPS) is 24.4. The Morgan fingerprint density at radius 2 is 2.16 bits per heavy atom. The van der Waals surface area contributed by atoms with Crippen molar-refractivity contribution in [2.75, 3.05) is 20.1 Å². The number of piperidine rings is 1. The van der Waals surface area contributed by atoms with Gasteiger partial charge in [0.2, 0.25) is 11.8 Å². The lowest BCUT2D eigenvalue weighted by molar-refractivity contribution is -0.136. The number of rotatable bonds is 4. The van der Waals surface area contributed by atoms with Crippen molar-refractivity contribution in [3.8, 4) is 0 Å². The maximum Gasteiger partial charge on any atom is 0.224 e. The third kappa shape index (κ3) is 3.88. The van der Waals surface area contributed by atoms with E-state index in [-0.39, 0.29) is 11.8 Å². The zero-order valence-corrected chi connectivity index (χ0v) is 15.6. The fourth-order valence-electron chi connectivity index (χ4n) is 4.30. The third-order valence-corrected chi connectivity index (χ3v) is 5.73. The third-order valence-electron chi connectivity index (χ3n) is 5.73. The van der Waals surface area contributed by atoms with Crippen LogP contribution in [0.3, 0.4) is 0 Å². The van der Waals surface area contributed by atoms with E-state index < -0.39 is 0 Å². The first kappa shape index (κ1) is 18.0. The molecule has 0 radical (unpaired) electrons. The van der Waals surface area contributed by atoms with Gasteiger partial charge in [-0.2, -0.15) is 0 Å². The molecule has 2 fully saturated rings. The van der Waals surface area contributed by atoms with Crippen LogP contribution in [0.2, 0.25) is 0 Å². The highest BCUT2D eigenvalue weighted by molar-refractivity contribution is 5.77. The van der Waals surface area contributed by atoms with Gasteiger partial charge in [0.25, 0.3) is 0 Å². The Bertz CT molecular complexity index is 625. The average Bonchev–Trinajstić information content (AvgIpc) is 3.02. The fraction of sp³-hybridized carbons (Fsp3) is 0.737. The van der Waals surface area contributed by atoms with Gasteiger partial charge >= 0.3 is 0 Å². The van der Waals surface area contributed by atoms with E-state index in [0.717, 1.165) is 38.2 Å². The van der Waals surface area contributed by atoms with Gasteiger partial charge in [-0.3, -0.25) is 9.59 Å². The number of fused-ring (bicyclic) bond motifs is 1. The van der Waals surface area contributed by atoms with Gasteiger partial charge in [0, 0.05) is 63.9 Å². The molecular formula is C19H30N4O2. The second-order valence-corrected chi connectivity index (χ2v) is 7.74. The molecule has 0 unspecified atom stereocenters. The van der Waals surface area contributed by atoms with E-state index in [1.165, 1.54) is 0 Å². The highest BCUT2D eigenvalue weighted by atomic mass is 16.2. The van der Waals surface area contributed by atoms with Crippen molar-refractivity contribution in [1.82, 2.24) is 19.4 Å². The Balaban J connectivity index is 1.57. The van der Waals surface area contributed by atoms with Crippen LogP contribution in [0.15, 0.2) is 12.4 Å². The Morgan fingerprint density at radius 3 is 2.92 bits per heavy atom. The van der Waals surface area contributed by atoms with E-state index in [2.05, 4.69) is 23.4 Å². The SMILES string of the molecule is CC(C)c1nccn1CCC(=O)N1CC[C@@H]2[C@H](CCCC(=O)N2C)C1. The number of imidazole rings is 1. The molecule has 1 aromatic rings. The maximum absolute atomic E-state index is 12.7. The van der Waals surface area contributed by atoms with Gasteiger partial charge in [0.1, 0.15) is 5.82 Å². The second kappa shape index (κ2) is 7.58. The van der Waals surface area contributed by atoms with Gasteiger partial charge < -0.3 is 14.4 Å². The van der Waals surface area contributed by atoms with Gasteiger partial charge in [-0.05, 0) is 25.2 Å². The minimum absolute atomic E-state index is 0.222. The molecule has 1 aromatic heterocycles. The van der Waals surface area contributed by atoms with Gasteiger partial charge in [-0.25, -0.2) is 4.98 Å². The van der Waals surface area contributed by atoms with Gasteiger partial charge in [0.05, 0.1) is 0 Å². The van der Waals surface area contributed by atoms with Crippen molar-refractivity contribution < 1.29 is 9.59 Å². The van der Waals surface area contributed by atoms with Crippen molar-refractivity contribution in [2.45, 2.75) is 64.5 Å². The van der Waals surface area contributed by atoms with Crippen LogP contribution in [0.4, 0.5) is 0 Å². The standard InChI is InChI=1S/C19H30N4O2/c1-14(2)19-20-9-12-22(19)11-8-18(25)23-10-7-16-15(13-23)5-4-6-17(24)21(16)3/h9,12,14-16H,4-8,10-11,13H2,1-3H3/t15-,16-/m1/s1. The van der Waals surface area contributed by atoms with Crippen molar-refractivity contribution in [1.29, 1.82) is 0 Å². The summed E-state index contributed by atoms with van der Waals surface area (Å²) in [6.07, 6.45) is 7.83. The molecule has 0 bridgehead atoms. The number of nitrogens with zero attached hydrogens (tertiary/aromatic N) is 4. The highest BCUT2D eigenvalue weighted by Gasteiger charge is 2.36. The van der Waals surface area contributed by atoms with E-state index in [9.17, 15) is 9.59 Å². The molecule has 2 aliphatic heterocycles. The summed E-state index contributed by atoms with van der Waals surface area (Å²) in [6, 6.07) is 0.306. The number of likely N-dealkylation sites (tertiary alicyclic amines) is 2. The summed E-state index contributed by atoms with van der Waals surface area (Å²) in [5, 5.41) is 0. The van der Waals surface area contributed by atoms with Crippen molar-refractivity contribution in [3.63, 3.8) is 0 Å². The van der Waals surface area contributed by atoms with Crippen LogP contribution in [0, 0.1) is 5.92 Å². The quantitative estimate of drug-likeness (QED) is 0.840. The molecule has 25 heavy (non-hydrogen) atoms. The van der Waals surface area contributed by atoms with Crippen LogP contribution in [-0.4, -0.2) is 57.3 Å². The first-order valence-electron chi connectivity index (χ1n) is 9.52. The molecule has 0 aliphatic carbocycles. The predicted molar refractivity (Wildman–Crippen MR) is 96.0 cm³/mol. The van der Waals surface area contributed by atoms with Crippen LogP contribution in [0.5, 0.6) is 0 Å². The number of aromatic nitrogens is 2. The second-order valence-electron chi connectivity index (χ2n) is 7.74. The molecule has 2 saturated heterocycles. The van der Waals surface area contributed by atoms with Crippen LogP contribution in [0.1, 0.15) is 57.7 Å². The van der Waals surface area contributed by atoms with Gasteiger partial charge in [-0.15, -0.1) is 0 Å². The lowest BCUT2D eigenvalue weighted by atomic mass is 9.88.